The molecule has 1 aliphatic carbocycles. The first kappa shape index (κ1) is 19.5. The smallest absolute Gasteiger partial charge is 0.268 e. The number of hydrogen-bond donors (Lipinski definition) is 0. The number of imide groups is 1. The monoisotopic (exact) mass is 411 g/mol. The molecule has 0 radical (unpaired) electrons. The van der Waals surface area contributed by atoms with Crippen LogP contribution in [0.2, 0.25) is 0 Å². The summed E-state index contributed by atoms with van der Waals surface area (Å²) in [6.07, 6.45) is 7.75. The van der Waals surface area contributed by atoms with Crippen molar-refractivity contribution in [3.63, 3.8) is 0 Å². The molecule has 1 aliphatic heterocycles. The van der Waals surface area contributed by atoms with Gasteiger partial charge in [0, 0.05) is 16.7 Å². The molecule has 0 unspecified atom stereocenters. The SMILES string of the molecule is O=C1C(SCc2ccccc2)=C(c2cccs2)C(=O)N1C1CCCCCCC1. The molecule has 1 aromatic carbocycles. The van der Waals surface area contributed by atoms with Gasteiger partial charge >= 0.3 is 0 Å². The molecule has 2 aromatic rings. The minimum atomic E-state index is -0.0893. The number of benzene rings is 1. The first-order chi connectivity index (χ1) is 13.8. The fraction of sp³-hybridized carbons (Fsp3) is 0.391. The van der Waals surface area contributed by atoms with Gasteiger partial charge in [0.25, 0.3) is 11.8 Å². The third kappa shape index (κ3) is 4.11. The van der Waals surface area contributed by atoms with Crippen LogP contribution in [0, 0.1) is 0 Å². The second kappa shape index (κ2) is 9.10. The summed E-state index contributed by atoms with van der Waals surface area (Å²) in [6.45, 7) is 0. The topological polar surface area (TPSA) is 37.4 Å². The highest BCUT2D eigenvalue weighted by atomic mass is 32.2. The fourth-order valence-electron chi connectivity index (χ4n) is 4.05. The molecule has 28 heavy (non-hydrogen) atoms. The van der Waals surface area contributed by atoms with Gasteiger partial charge in [0.2, 0.25) is 0 Å². The third-order valence-corrected chi connectivity index (χ3v) is 7.54. The number of amides is 2. The fourth-order valence-corrected chi connectivity index (χ4v) is 5.95. The van der Waals surface area contributed by atoms with Crippen molar-refractivity contribution in [2.24, 2.45) is 0 Å². The van der Waals surface area contributed by atoms with E-state index in [9.17, 15) is 9.59 Å². The minimum absolute atomic E-state index is 0.0464. The molecule has 1 aromatic heterocycles. The molecular formula is C23H25NO2S2. The molecule has 5 heteroatoms. The van der Waals surface area contributed by atoms with Gasteiger partial charge in [-0.2, -0.15) is 0 Å². The van der Waals surface area contributed by atoms with Crippen LogP contribution in [-0.4, -0.2) is 22.8 Å². The van der Waals surface area contributed by atoms with Crippen molar-refractivity contribution in [3.05, 3.63) is 63.2 Å². The van der Waals surface area contributed by atoms with Crippen LogP contribution in [0.3, 0.4) is 0 Å². The van der Waals surface area contributed by atoms with Gasteiger partial charge < -0.3 is 0 Å². The van der Waals surface area contributed by atoms with E-state index in [-0.39, 0.29) is 17.9 Å². The highest BCUT2D eigenvalue weighted by Gasteiger charge is 2.42. The Balaban J connectivity index is 1.61. The summed E-state index contributed by atoms with van der Waals surface area (Å²) in [5, 5.41) is 1.97. The standard InChI is InChI=1S/C23H25NO2S2/c25-22-20(19-14-9-15-27-19)21(28-16-17-10-5-4-6-11-17)23(26)24(22)18-12-7-2-1-3-8-13-18/h4-6,9-11,14-15,18H,1-3,7-8,12-13,16H2. The Hall–Kier alpha value is -1.85. The third-order valence-electron chi connectivity index (χ3n) is 5.51. The van der Waals surface area contributed by atoms with Crippen LogP contribution in [0.4, 0.5) is 0 Å². The summed E-state index contributed by atoms with van der Waals surface area (Å²) in [5.41, 5.74) is 1.78. The van der Waals surface area contributed by atoms with Crippen molar-refractivity contribution < 1.29 is 9.59 Å². The summed E-state index contributed by atoms with van der Waals surface area (Å²) in [4.78, 5) is 29.9. The van der Waals surface area contributed by atoms with E-state index in [0.717, 1.165) is 36.1 Å². The van der Waals surface area contributed by atoms with Crippen LogP contribution in [0.15, 0.2) is 52.7 Å². The van der Waals surface area contributed by atoms with Crippen molar-refractivity contribution in [1.82, 2.24) is 4.90 Å². The predicted molar refractivity (Wildman–Crippen MR) is 117 cm³/mol. The number of carbonyl (C=O) groups is 2. The average molecular weight is 412 g/mol. The summed E-state index contributed by atoms with van der Waals surface area (Å²) in [6, 6.07) is 14.1. The van der Waals surface area contributed by atoms with E-state index < -0.39 is 0 Å². The molecule has 3 nitrogen and oxygen atoms in total. The molecule has 2 heterocycles. The quantitative estimate of drug-likeness (QED) is 0.577. The Morgan fingerprint density at radius 2 is 1.61 bits per heavy atom. The number of rotatable bonds is 5. The van der Waals surface area contributed by atoms with Gasteiger partial charge in [-0.25, -0.2) is 0 Å². The summed E-state index contributed by atoms with van der Waals surface area (Å²) in [5.74, 6) is 0.524. The zero-order valence-corrected chi connectivity index (χ0v) is 17.6. The summed E-state index contributed by atoms with van der Waals surface area (Å²) in [7, 11) is 0. The Kier molecular flexibility index (Phi) is 6.33. The maximum Gasteiger partial charge on any atom is 0.268 e. The van der Waals surface area contributed by atoms with Crippen molar-refractivity contribution in [2.75, 3.05) is 0 Å². The molecule has 0 atom stereocenters. The highest BCUT2D eigenvalue weighted by molar-refractivity contribution is 8.03. The minimum Gasteiger partial charge on any atom is -0.271 e. The lowest BCUT2D eigenvalue weighted by molar-refractivity contribution is -0.139. The van der Waals surface area contributed by atoms with Crippen molar-refractivity contribution in [3.8, 4) is 0 Å². The van der Waals surface area contributed by atoms with Gasteiger partial charge in [-0.3, -0.25) is 14.5 Å². The van der Waals surface area contributed by atoms with Crippen LogP contribution in [0.25, 0.3) is 5.57 Å². The molecule has 0 saturated heterocycles. The lowest BCUT2D eigenvalue weighted by Gasteiger charge is -2.28. The van der Waals surface area contributed by atoms with Gasteiger partial charge in [0.05, 0.1) is 10.5 Å². The molecule has 1 fully saturated rings. The van der Waals surface area contributed by atoms with E-state index in [1.54, 1.807) is 4.90 Å². The highest BCUT2D eigenvalue weighted by Crippen LogP contribution is 2.41. The van der Waals surface area contributed by atoms with Crippen LogP contribution < -0.4 is 0 Å². The van der Waals surface area contributed by atoms with Gasteiger partial charge in [0.15, 0.2) is 0 Å². The Morgan fingerprint density at radius 1 is 0.893 bits per heavy atom. The van der Waals surface area contributed by atoms with E-state index >= 15 is 0 Å². The molecule has 4 rings (SSSR count). The zero-order valence-electron chi connectivity index (χ0n) is 15.9. The largest absolute Gasteiger partial charge is 0.271 e. The normalized spacial score (nSPS) is 19.2. The molecule has 0 N–H and O–H groups in total. The van der Waals surface area contributed by atoms with Gasteiger partial charge in [0.1, 0.15) is 0 Å². The molecule has 0 spiro atoms. The summed E-state index contributed by atoms with van der Waals surface area (Å²) < 4.78 is 0. The number of carbonyl (C=O) groups excluding carboxylic acids is 2. The second-order valence-electron chi connectivity index (χ2n) is 7.43. The lowest BCUT2D eigenvalue weighted by atomic mass is 9.95. The zero-order chi connectivity index (χ0) is 19.3. The molecular weight excluding hydrogens is 386 g/mol. The van der Waals surface area contributed by atoms with Crippen molar-refractivity contribution in [2.45, 2.75) is 56.7 Å². The van der Waals surface area contributed by atoms with Crippen LogP contribution in [0.5, 0.6) is 0 Å². The van der Waals surface area contributed by atoms with Crippen LogP contribution in [0.1, 0.15) is 55.4 Å². The molecule has 146 valence electrons. The first-order valence-electron chi connectivity index (χ1n) is 10.1. The van der Waals surface area contributed by atoms with Gasteiger partial charge in [-0.1, -0.05) is 68.5 Å². The average Bonchev–Trinajstić information content (AvgIpc) is 3.28. The van der Waals surface area contributed by atoms with Crippen LogP contribution in [-0.2, 0) is 15.3 Å². The molecule has 2 amide bonds. The number of thioether (sulfide) groups is 1. The van der Waals surface area contributed by atoms with Crippen molar-refractivity contribution >= 4 is 40.5 Å². The number of nitrogens with zero attached hydrogens (tertiary/aromatic N) is 1. The lowest BCUT2D eigenvalue weighted by Crippen LogP contribution is -2.41. The van der Waals surface area contributed by atoms with Gasteiger partial charge in [-0.15, -0.1) is 23.1 Å². The Bertz CT molecular complexity index is 850. The first-order valence-corrected chi connectivity index (χ1v) is 11.9. The molecule has 2 aliphatic rings. The predicted octanol–water partition coefficient (Wildman–Crippen LogP) is 5.87. The molecule has 1 saturated carbocycles. The van der Waals surface area contributed by atoms with E-state index in [1.165, 1.54) is 42.4 Å². The van der Waals surface area contributed by atoms with Gasteiger partial charge in [-0.05, 0) is 29.9 Å². The maximum absolute atomic E-state index is 13.4. The summed E-state index contributed by atoms with van der Waals surface area (Å²) >= 11 is 3.04. The van der Waals surface area contributed by atoms with Crippen LogP contribution >= 0.6 is 23.1 Å². The van der Waals surface area contributed by atoms with E-state index in [1.807, 2.05) is 35.7 Å². The second-order valence-corrected chi connectivity index (χ2v) is 9.37. The molecule has 0 bridgehead atoms. The Morgan fingerprint density at radius 3 is 2.29 bits per heavy atom. The number of thiophene rings is 1. The van der Waals surface area contributed by atoms with E-state index in [4.69, 9.17) is 0 Å². The van der Waals surface area contributed by atoms with E-state index in [0.29, 0.717) is 16.2 Å². The van der Waals surface area contributed by atoms with E-state index in [2.05, 4.69) is 12.1 Å². The Labute approximate surface area is 174 Å². The maximum atomic E-state index is 13.4. The number of hydrogen-bond acceptors (Lipinski definition) is 4. The van der Waals surface area contributed by atoms with Crippen molar-refractivity contribution in [1.29, 1.82) is 0 Å².